The number of rotatable bonds is 9. The van der Waals surface area contributed by atoms with E-state index in [1.54, 1.807) is 13.3 Å². The van der Waals surface area contributed by atoms with E-state index in [9.17, 15) is 15.2 Å². The van der Waals surface area contributed by atoms with Crippen molar-refractivity contribution in [2.45, 2.75) is 77.7 Å². The minimum atomic E-state index is -0.514. The Hall–Kier alpha value is -3.58. The lowest BCUT2D eigenvalue weighted by Gasteiger charge is -2.60. The number of hydrogen-bond acceptors (Lipinski definition) is 9. The van der Waals surface area contributed by atoms with Crippen LogP contribution in [0.4, 0.5) is 16.6 Å². The van der Waals surface area contributed by atoms with Gasteiger partial charge in [-0.05, 0) is 93.7 Å². The molecule has 4 fully saturated rings. The Labute approximate surface area is 235 Å². The van der Waals surface area contributed by atoms with Gasteiger partial charge in [0.25, 0.3) is 0 Å². The molecular formula is C30H40N6O4. The van der Waals surface area contributed by atoms with Crippen molar-refractivity contribution in [3.63, 3.8) is 0 Å². The van der Waals surface area contributed by atoms with Crippen LogP contribution >= 0.6 is 0 Å². The van der Waals surface area contributed by atoms with Gasteiger partial charge in [-0.25, -0.2) is 9.78 Å². The summed E-state index contributed by atoms with van der Waals surface area (Å²) in [5.41, 5.74) is 1.67. The maximum atomic E-state index is 12.5. The summed E-state index contributed by atoms with van der Waals surface area (Å²) in [4.78, 5) is 21.5. The molecule has 4 N–H and O–H groups in total. The van der Waals surface area contributed by atoms with Gasteiger partial charge in [0.1, 0.15) is 28.8 Å². The fourth-order valence-corrected chi connectivity index (χ4v) is 7.29. The zero-order chi connectivity index (χ0) is 28.5. The minimum absolute atomic E-state index is 0.0550. The van der Waals surface area contributed by atoms with Crippen molar-refractivity contribution in [1.82, 2.24) is 15.3 Å². The van der Waals surface area contributed by atoms with E-state index in [4.69, 9.17) is 9.47 Å². The van der Waals surface area contributed by atoms with Crippen molar-refractivity contribution in [3.8, 4) is 11.8 Å². The number of carbonyl (C=O) groups excluding carboxylic acids is 1. The molecule has 10 nitrogen and oxygen atoms in total. The summed E-state index contributed by atoms with van der Waals surface area (Å²) in [5, 5.41) is 29.2. The fraction of sp³-hybridized carbons (Fsp3) is 0.600. The lowest BCUT2D eigenvalue weighted by molar-refractivity contribution is -0.0703. The Kier molecular flexibility index (Phi) is 7.78. The molecule has 0 saturated heterocycles. The minimum Gasteiger partial charge on any atom is -0.496 e. The highest BCUT2D eigenvalue weighted by atomic mass is 16.6. The number of aromatic nitrogens is 2. The Morgan fingerprint density at radius 2 is 1.95 bits per heavy atom. The number of aliphatic hydroxyl groups is 1. The maximum Gasteiger partial charge on any atom is 0.407 e. The molecule has 10 heteroatoms. The predicted octanol–water partition coefficient (Wildman–Crippen LogP) is 4.59. The molecule has 4 aliphatic rings. The van der Waals surface area contributed by atoms with Crippen LogP contribution < -0.4 is 20.7 Å². The van der Waals surface area contributed by atoms with Crippen LogP contribution in [0.3, 0.4) is 0 Å². The first-order chi connectivity index (χ1) is 19.1. The molecule has 4 aliphatic carbocycles. The number of amides is 1. The molecule has 0 spiro atoms. The molecule has 4 bridgehead atoms. The summed E-state index contributed by atoms with van der Waals surface area (Å²) >= 11 is 0. The summed E-state index contributed by atoms with van der Waals surface area (Å²) < 4.78 is 11.0. The van der Waals surface area contributed by atoms with Gasteiger partial charge in [-0.3, -0.25) is 0 Å². The SMILES string of the molecule is COc1ccc(CO)cc1CNc1ncc(C#N)c(NCC23CC4C[C@H](C2)C(NC(=O)OC(C)(C)C)[C@@H](C4)C3)n1. The summed E-state index contributed by atoms with van der Waals surface area (Å²) in [6.45, 7) is 6.74. The Balaban J connectivity index is 1.25. The molecule has 1 heterocycles. The molecule has 1 aromatic carbocycles. The molecule has 3 unspecified atom stereocenters. The number of carbonyl (C=O) groups is 1. The quantitative estimate of drug-likeness (QED) is 0.354. The highest BCUT2D eigenvalue weighted by Gasteiger charge is 2.55. The van der Waals surface area contributed by atoms with Gasteiger partial charge >= 0.3 is 6.09 Å². The molecule has 40 heavy (non-hydrogen) atoms. The second kappa shape index (κ2) is 11.1. The number of nitriles is 1. The lowest BCUT2D eigenvalue weighted by Crippen LogP contribution is -2.60. The lowest BCUT2D eigenvalue weighted by atomic mass is 9.48. The topological polar surface area (TPSA) is 141 Å². The first-order valence-electron chi connectivity index (χ1n) is 14.1. The second-order valence-electron chi connectivity index (χ2n) is 12.7. The summed E-state index contributed by atoms with van der Waals surface area (Å²) in [6, 6.07) is 7.90. The molecule has 1 aromatic heterocycles. The maximum absolute atomic E-state index is 12.5. The number of ether oxygens (including phenoxy) is 2. The van der Waals surface area contributed by atoms with Crippen molar-refractivity contribution in [2.75, 3.05) is 24.3 Å². The van der Waals surface area contributed by atoms with Crippen LogP contribution in [0.1, 0.15) is 69.6 Å². The van der Waals surface area contributed by atoms with Crippen LogP contribution in [0.5, 0.6) is 5.75 Å². The zero-order valence-electron chi connectivity index (χ0n) is 23.8. The van der Waals surface area contributed by atoms with Gasteiger partial charge in [0.05, 0.1) is 19.9 Å². The van der Waals surface area contributed by atoms with Crippen LogP contribution in [0.15, 0.2) is 24.4 Å². The Bertz CT molecular complexity index is 1270. The van der Waals surface area contributed by atoms with Crippen molar-refractivity contribution < 1.29 is 19.4 Å². The van der Waals surface area contributed by atoms with E-state index in [1.807, 2.05) is 39.0 Å². The third-order valence-electron chi connectivity index (χ3n) is 8.59. The average Bonchev–Trinajstić information content (AvgIpc) is 2.91. The number of hydrogen-bond donors (Lipinski definition) is 4. The van der Waals surface area contributed by atoms with Crippen molar-refractivity contribution in [2.24, 2.45) is 23.2 Å². The molecule has 6 rings (SSSR count). The monoisotopic (exact) mass is 548 g/mol. The first-order valence-corrected chi connectivity index (χ1v) is 14.1. The third-order valence-corrected chi connectivity index (χ3v) is 8.59. The standard InChI is InChI=1S/C30H40N6O4/c1-29(2,3)40-28(38)35-25-20-8-19-9-21(25)12-30(10-19,11-20)17-34-26-23(13-31)15-33-27(36-26)32-14-22-7-18(16-37)5-6-24(22)39-4/h5-7,15,19-21,25,37H,8-12,14,16-17H2,1-4H3,(H,35,38)(H2,32,33,34,36)/t19?,20-,21+,25?,30?. The van der Waals surface area contributed by atoms with E-state index in [-0.39, 0.29) is 24.2 Å². The van der Waals surface area contributed by atoms with Crippen LogP contribution in [0.2, 0.25) is 0 Å². The van der Waals surface area contributed by atoms with Crippen LogP contribution in [-0.4, -0.2) is 46.5 Å². The highest BCUT2D eigenvalue weighted by molar-refractivity contribution is 5.68. The van der Waals surface area contributed by atoms with Gasteiger partial charge in [-0.15, -0.1) is 0 Å². The van der Waals surface area contributed by atoms with E-state index in [2.05, 4.69) is 32.0 Å². The van der Waals surface area contributed by atoms with E-state index >= 15 is 0 Å². The van der Waals surface area contributed by atoms with Crippen LogP contribution in [0, 0.1) is 34.5 Å². The van der Waals surface area contributed by atoms with E-state index in [1.165, 1.54) is 0 Å². The number of benzene rings is 1. The molecule has 5 atom stereocenters. The van der Waals surface area contributed by atoms with Crippen LogP contribution in [-0.2, 0) is 17.9 Å². The van der Waals surface area contributed by atoms with Gasteiger partial charge in [0.15, 0.2) is 0 Å². The normalized spacial score (nSPS) is 26.6. The fourth-order valence-electron chi connectivity index (χ4n) is 7.29. The van der Waals surface area contributed by atoms with Gasteiger partial charge in [0.2, 0.25) is 5.95 Å². The molecule has 0 aliphatic heterocycles. The number of nitrogens with zero attached hydrogens (tertiary/aromatic N) is 3. The molecule has 1 amide bonds. The van der Waals surface area contributed by atoms with Gasteiger partial charge < -0.3 is 30.5 Å². The first kappa shape index (κ1) is 28.0. The Morgan fingerprint density at radius 3 is 2.60 bits per heavy atom. The van der Waals surface area contributed by atoms with Gasteiger partial charge in [-0.2, -0.15) is 10.2 Å². The molecule has 4 saturated carbocycles. The zero-order valence-corrected chi connectivity index (χ0v) is 23.8. The van der Waals surface area contributed by atoms with Crippen molar-refractivity contribution >= 4 is 17.9 Å². The Morgan fingerprint density at radius 1 is 1.20 bits per heavy atom. The summed E-state index contributed by atoms with van der Waals surface area (Å²) in [5.74, 6) is 3.17. The smallest absolute Gasteiger partial charge is 0.407 e. The van der Waals surface area contributed by atoms with E-state index in [0.29, 0.717) is 47.4 Å². The molecule has 214 valence electrons. The number of anilines is 2. The molecule has 0 radical (unpaired) electrons. The third kappa shape index (κ3) is 6.09. The molecular weight excluding hydrogens is 508 g/mol. The van der Waals surface area contributed by atoms with E-state index < -0.39 is 5.60 Å². The van der Waals surface area contributed by atoms with Gasteiger partial charge in [-0.1, -0.05) is 6.07 Å². The number of alkyl carbamates (subject to hydrolysis) is 1. The number of nitrogens with one attached hydrogen (secondary N) is 3. The van der Waals surface area contributed by atoms with E-state index in [0.717, 1.165) is 49.8 Å². The molecule has 2 aromatic rings. The number of methoxy groups -OCH3 is 1. The predicted molar refractivity (Wildman–Crippen MR) is 151 cm³/mol. The van der Waals surface area contributed by atoms with Crippen molar-refractivity contribution in [3.05, 3.63) is 41.1 Å². The van der Waals surface area contributed by atoms with Gasteiger partial charge in [0, 0.05) is 24.7 Å². The average molecular weight is 549 g/mol. The largest absolute Gasteiger partial charge is 0.496 e. The highest BCUT2D eigenvalue weighted by Crippen LogP contribution is 2.60. The summed E-state index contributed by atoms with van der Waals surface area (Å²) in [6.07, 6.45) is 6.73. The second-order valence-corrected chi connectivity index (χ2v) is 12.7. The summed E-state index contributed by atoms with van der Waals surface area (Å²) in [7, 11) is 1.61. The van der Waals surface area contributed by atoms with Crippen LogP contribution in [0.25, 0.3) is 0 Å². The number of aliphatic hydroxyl groups excluding tert-OH is 1. The van der Waals surface area contributed by atoms with Crippen molar-refractivity contribution in [1.29, 1.82) is 5.26 Å².